The maximum Gasteiger partial charge on any atom is 0.239 e. The summed E-state index contributed by atoms with van der Waals surface area (Å²) in [6, 6.07) is 5.56. The second-order valence-electron chi connectivity index (χ2n) is 3.79. The van der Waals surface area contributed by atoms with E-state index >= 15 is 0 Å². The number of ether oxygens (including phenoxy) is 1. The van der Waals surface area contributed by atoms with Crippen molar-refractivity contribution in [3.63, 3.8) is 0 Å². The predicted octanol–water partition coefficient (Wildman–Crippen LogP) is 3.00. The van der Waals surface area contributed by atoms with Gasteiger partial charge in [-0.3, -0.25) is 4.79 Å². The van der Waals surface area contributed by atoms with E-state index in [0.29, 0.717) is 5.92 Å². The van der Waals surface area contributed by atoms with E-state index in [0.717, 1.165) is 17.0 Å². The van der Waals surface area contributed by atoms with Crippen molar-refractivity contribution in [2.24, 2.45) is 0 Å². The number of alkyl halides is 1. The van der Waals surface area contributed by atoms with Gasteiger partial charge in [0.2, 0.25) is 5.91 Å². The molecule has 0 heterocycles. The molecule has 0 atom stereocenters. The van der Waals surface area contributed by atoms with Crippen LogP contribution in [0.2, 0.25) is 0 Å². The molecule has 1 rings (SSSR count). The van der Waals surface area contributed by atoms with Crippen LogP contribution in [0.3, 0.4) is 0 Å². The molecule has 0 bridgehead atoms. The fraction of sp³-hybridized carbons (Fsp3) is 0.417. The number of carbonyl (C=O) groups is 1. The molecule has 0 aromatic heterocycles. The number of hydrogen-bond acceptors (Lipinski definition) is 2. The maximum atomic E-state index is 11.1. The summed E-state index contributed by atoms with van der Waals surface area (Å²) >= 11 is 5.43. The summed E-state index contributed by atoms with van der Waals surface area (Å²) in [6.45, 7) is 4.15. The van der Waals surface area contributed by atoms with Gasteiger partial charge in [0.25, 0.3) is 0 Å². The molecular formula is C12H16ClNO2. The molecule has 0 aliphatic heterocycles. The molecule has 1 aromatic carbocycles. The fourth-order valence-corrected chi connectivity index (χ4v) is 1.52. The van der Waals surface area contributed by atoms with E-state index in [1.54, 1.807) is 13.2 Å². The first kappa shape index (κ1) is 12.8. The minimum absolute atomic E-state index is 0.0386. The zero-order chi connectivity index (χ0) is 12.1. The molecule has 1 N–H and O–H groups in total. The zero-order valence-corrected chi connectivity index (χ0v) is 10.5. The normalized spacial score (nSPS) is 10.3. The molecule has 1 amide bonds. The predicted molar refractivity (Wildman–Crippen MR) is 66.4 cm³/mol. The molecule has 0 saturated carbocycles. The smallest absolute Gasteiger partial charge is 0.239 e. The Morgan fingerprint density at radius 1 is 1.50 bits per heavy atom. The Morgan fingerprint density at radius 2 is 2.19 bits per heavy atom. The van der Waals surface area contributed by atoms with Gasteiger partial charge in [-0.15, -0.1) is 11.6 Å². The minimum Gasteiger partial charge on any atom is -0.496 e. The van der Waals surface area contributed by atoms with Crippen molar-refractivity contribution in [1.29, 1.82) is 0 Å². The van der Waals surface area contributed by atoms with Crippen LogP contribution >= 0.6 is 11.6 Å². The van der Waals surface area contributed by atoms with Crippen LogP contribution in [0.5, 0.6) is 5.75 Å². The van der Waals surface area contributed by atoms with Crippen LogP contribution in [-0.4, -0.2) is 18.9 Å². The molecular weight excluding hydrogens is 226 g/mol. The third kappa shape index (κ3) is 3.14. The first-order valence-corrected chi connectivity index (χ1v) is 5.65. The highest BCUT2D eigenvalue weighted by Crippen LogP contribution is 2.29. The minimum atomic E-state index is -0.207. The number of carbonyl (C=O) groups excluding carboxylic acids is 1. The van der Waals surface area contributed by atoms with Gasteiger partial charge in [-0.25, -0.2) is 0 Å². The molecule has 0 saturated heterocycles. The molecule has 16 heavy (non-hydrogen) atoms. The Kier molecular flexibility index (Phi) is 4.62. The lowest BCUT2D eigenvalue weighted by atomic mass is 10.0. The largest absolute Gasteiger partial charge is 0.496 e. The van der Waals surface area contributed by atoms with Gasteiger partial charge in [-0.2, -0.15) is 0 Å². The standard InChI is InChI=1S/C12H16ClNO2/c1-8(2)10-6-9(14-12(15)7-13)4-5-11(10)16-3/h4-6,8H,7H2,1-3H3,(H,14,15). The summed E-state index contributed by atoms with van der Waals surface area (Å²) in [6.07, 6.45) is 0. The summed E-state index contributed by atoms with van der Waals surface area (Å²) < 4.78 is 5.25. The third-order valence-electron chi connectivity index (χ3n) is 2.26. The SMILES string of the molecule is COc1ccc(NC(=O)CCl)cc1C(C)C. The Hall–Kier alpha value is -1.22. The van der Waals surface area contributed by atoms with Crippen LogP contribution in [0, 0.1) is 0 Å². The van der Waals surface area contributed by atoms with Crippen LogP contribution in [0.1, 0.15) is 25.3 Å². The van der Waals surface area contributed by atoms with E-state index < -0.39 is 0 Å². The number of methoxy groups -OCH3 is 1. The number of rotatable bonds is 4. The topological polar surface area (TPSA) is 38.3 Å². The summed E-state index contributed by atoms with van der Waals surface area (Å²) in [5, 5.41) is 2.71. The van der Waals surface area contributed by atoms with Gasteiger partial charge >= 0.3 is 0 Å². The highest BCUT2D eigenvalue weighted by molar-refractivity contribution is 6.29. The van der Waals surface area contributed by atoms with Gasteiger partial charge in [0.15, 0.2) is 0 Å². The van der Waals surface area contributed by atoms with E-state index in [4.69, 9.17) is 16.3 Å². The third-order valence-corrected chi connectivity index (χ3v) is 2.50. The molecule has 3 nitrogen and oxygen atoms in total. The van der Waals surface area contributed by atoms with Crippen LogP contribution in [0.15, 0.2) is 18.2 Å². The number of amides is 1. The van der Waals surface area contributed by atoms with Crippen molar-refractivity contribution < 1.29 is 9.53 Å². The van der Waals surface area contributed by atoms with Crippen molar-refractivity contribution in [2.75, 3.05) is 18.3 Å². The van der Waals surface area contributed by atoms with E-state index in [9.17, 15) is 4.79 Å². The Bertz CT molecular complexity index is 377. The zero-order valence-electron chi connectivity index (χ0n) is 9.71. The summed E-state index contributed by atoms with van der Waals surface area (Å²) in [5.41, 5.74) is 1.81. The van der Waals surface area contributed by atoms with E-state index in [1.807, 2.05) is 12.1 Å². The summed E-state index contributed by atoms with van der Waals surface area (Å²) in [7, 11) is 1.64. The molecule has 88 valence electrons. The quantitative estimate of drug-likeness (QED) is 0.823. The van der Waals surface area contributed by atoms with Crippen molar-refractivity contribution >= 4 is 23.2 Å². The Morgan fingerprint density at radius 3 is 2.69 bits per heavy atom. The van der Waals surface area contributed by atoms with Crippen LogP contribution in [-0.2, 0) is 4.79 Å². The van der Waals surface area contributed by atoms with E-state index in [-0.39, 0.29) is 11.8 Å². The monoisotopic (exact) mass is 241 g/mol. The molecule has 0 radical (unpaired) electrons. The molecule has 4 heteroatoms. The van der Waals surface area contributed by atoms with Crippen LogP contribution < -0.4 is 10.1 Å². The Labute approximate surface area is 101 Å². The second-order valence-corrected chi connectivity index (χ2v) is 4.06. The number of nitrogens with one attached hydrogen (secondary N) is 1. The number of anilines is 1. The first-order valence-electron chi connectivity index (χ1n) is 5.12. The second kappa shape index (κ2) is 5.75. The summed E-state index contributed by atoms with van der Waals surface area (Å²) in [4.78, 5) is 11.1. The fourth-order valence-electron chi connectivity index (χ4n) is 1.46. The van der Waals surface area contributed by atoms with Gasteiger partial charge in [-0.1, -0.05) is 13.8 Å². The lowest BCUT2D eigenvalue weighted by Gasteiger charge is -2.13. The van der Waals surface area contributed by atoms with Crippen molar-refractivity contribution in [2.45, 2.75) is 19.8 Å². The van der Waals surface area contributed by atoms with Gasteiger partial charge in [0.05, 0.1) is 7.11 Å². The molecule has 0 unspecified atom stereocenters. The maximum absolute atomic E-state index is 11.1. The first-order chi connectivity index (χ1) is 7.58. The van der Waals surface area contributed by atoms with Gasteiger partial charge < -0.3 is 10.1 Å². The van der Waals surface area contributed by atoms with E-state index in [1.165, 1.54) is 0 Å². The van der Waals surface area contributed by atoms with Crippen molar-refractivity contribution in [1.82, 2.24) is 0 Å². The number of hydrogen-bond donors (Lipinski definition) is 1. The average Bonchev–Trinajstić information content (AvgIpc) is 2.28. The van der Waals surface area contributed by atoms with Gasteiger partial charge in [-0.05, 0) is 29.7 Å². The molecule has 0 aliphatic carbocycles. The molecule has 0 fully saturated rings. The number of halogens is 1. The van der Waals surface area contributed by atoms with Crippen LogP contribution in [0.4, 0.5) is 5.69 Å². The molecule has 0 spiro atoms. The van der Waals surface area contributed by atoms with Crippen molar-refractivity contribution in [3.8, 4) is 5.75 Å². The van der Waals surface area contributed by atoms with Crippen molar-refractivity contribution in [3.05, 3.63) is 23.8 Å². The van der Waals surface area contributed by atoms with Crippen LogP contribution in [0.25, 0.3) is 0 Å². The summed E-state index contributed by atoms with van der Waals surface area (Å²) in [5.74, 6) is 0.923. The highest BCUT2D eigenvalue weighted by Gasteiger charge is 2.09. The number of benzene rings is 1. The van der Waals surface area contributed by atoms with Gasteiger partial charge in [0, 0.05) is 5.69 Å². The van der Waals surface area contributed by atoms with E-state index in [2.05, 4.69) is 19.2 Å². The lowest BCUT2D eigenvalue weighted by Crippen LogP contribution is -2.12. The lowest BCUT2D eigenvalue weighted by molar-refractivity contribution is -0.113. The molecule has 0 aliphatic rings. The molecule has 1 aromatic rings. The highest BCUT2D eigenvalue weighted by atomic mass is 35.5. The van der Waals surface area contributed by atoms with Gasteiger partial charge in [0.1, 0.15) is 11.6 Å². The Balaban J connectivity index is 2.97. The average molecular weight is 242 g/mol.